The molecule has 2 rings (SSSR count). The minimum absolute atomic E-state index is 0.0528. The van der Waals surface area contributed by atoms with E-state index >= 15 is 0 Å². The monoisotopic (exact) mass is 541 g/mol. The maximum atomic E-state index is 13.3. The molecule has 0 aliphatic rings. The van der Waals surface area contributed by atoms with Crippen molar-refractivity contribution in [3.8, 4) is 0 Å². The van der Waals surface area contributed by atoms with Gasteiger partial charge in [0.2, 0.25) is 21.8 Å². The lowest BCUT2D eigenvalue weighted by molar-refractivity contribution is -0.141. The Labute approximate surface area is 218 Å². The summed E-state index contributed by atoms with van der Waals surface area (Å²) in [7, 11) is -3.57. The van der Waals surface area contributed by atoms with Gasteiger partial charge in [0.25, 0.3) is 0 Å². The molecule has 2 aromatic rings. The molecular weight excluding hydrogens is 509 g/mol. The third-order valence-corrected chi connectivity index (χ3v) is 7.05. The minimum Gasteiger partial charge on any atom is -0.350 e. The van der Waals surface area contributed by atoms with E-state index in [9.17, 15) is 18.0 Å². The Morgan fingerprint density at radius 3 is 2.17 bits per heavy atom. The van der Waals surface area contributed by atoms with Crippen LogP contribution in [0.15, 0.2) is 48.5 Å². The van der Waals surface area contributed by atoms with E-state index < -0.39 is 21.6 Å². The highest BCUT2D eigenvalue weighted by Gasteiger charge is 2.29. The van der Waals surface area contributed by atoms with Crippen molar-refractivity contribution >= 4 is 50.7 Å². The summed E-state index contributed by atoms with van der Waals surface area (Å²) in [4.78, 5) is 27.7. The Morgan fingerprint density at radius 1 is 1.03 bits per heavy atom. The number of hydrogen-bond acceptors (Lipinski definition) is 4. The van der Waals surface area contributed by atoms with E-state index in [2.05, 4.69) is 5.32 Å². The quantitative estimate of drug-likeness (QED) is 0.464. The zero-order chi connectivity index (χ0) is 26.4. The van der Waals surface area contributed by atoms with Crippen LogP contribution >= 0.6 is 23.2 Å². The van der Waals surface area contributed by atoms with E-state index in [4.69, 9.17) is 23.2 Å². The first-order valence-corrected chi connectivity index (χ1v) is 13.9. The number of carbonyl (C=O) groups is 2. The summed E-state index contributed by atoms with van der Waals surface area (Å²) in [6.07, 6.45) is 1.43. The largest absolute Gasteiger partial charge is 0.350 e. The number of halogens is 2. The van der Waals surface area contributed by atoms with Crippen molar-refractivity contribution in [3.63, 3.8) is 0 Å². The number of hydrogen-bond donors (Lipinski definition) is 1. The number of rotatable bonds is 10. The summed E-state index contributed by atoms with van der Waals surface area (Å²) in [6.45, 7) is 7.54. The Kier molecular flexibility index (Phi) is 10.0. The van der Waals surface area contributed by atoms with Crippen molar-refractivity contribution in [2.24, 2.45) is 0 Å². The molecule has 0 saturated carbocycles. The first-order valence-electron chi connectivity index (χ1n) is 11.3. The van der Waals surface area contributed by atoms with Crippen LogP contribution < -0.4 is 9.62 Å². The molecule has 0 aliphatic heterocycles. The van der Waals surface area contributed by atoms with Crippen molar-refractivity contribution < 1.29 is 18.0 Å². The van der Waals surface area contributed by atoms with Crippen LogP contribution in [0, 0.1) is 0 Å². The number of nitrogens with zero attached hydrogens (tertiary/aromatic N) is 2. The molecule has 0 fully saturated rings. The van der Waals surface area contributed by atoms with Crippen molar-refractivity contribution in [1.82, 2.24) is 10.2 Å². The molecule has 0 saturated heterocycles. The molecule has 0 unspecified atom stereocenters. The summed E-state index contributed by atoms with van der Waals surface area (Å²) in [5.41, 5.74) is 0.728. The Hall–Kier alpha value is -2.29. The van der Waals surface area contributed by atoms with E-state index in [0.717, 1.165) is 11.8 Å². The predicted molar refractivity (Wildman–Crippen MR) is 142 cm³/mol. The predicted octanol–water partition coefficient (Wildman–Crippen LogP) is 4.87. The lowest BCUT2D eigenvalue weighted by atomic mass is 10.1. The summed E-state index contributed by atoms with van der Waals surface area (Å²) < 4.78 is 26.0. The normalized spacial score (nSPS) is 12.7. The first kappa shape index (κ1) is 28.9. The second-order valence-electron chi connectivity index (χ2n) is 9.44. The molecule has 1 N–H and O–H groups in total. The summed E-state index contributed by atoms with van der Waals surface area (Å²) in [5.74, 6) is -0.553. The van der Waals surface area contributed by atoms with Gasteiger partial charge in [-0.2, -0.15) is 0 Å². The van der Waals surface area contributed by atoms with Gasteiger partial charge in [0.05, 0.1) is 11.9 Å². The van der Waals surface area contributed by atoms with Gasteiger partial charge in [0, 0.05) is 35.1 Å². The molecule has 1 atom stereocenters. The standard InChI is InChI=1S/C25H33Cl2N3O4S/c1-18(24(32)28-25(2,3)4)29(17-19-9-6-7-10-22(19)27)23(31)11-8-16-30(35(5,33)34)21-14-12-20(26)13-15-21/h6-7,9-10,12-15,18H,8,11,16-17H2,1-5H3,(H,28,32)/t18-/m0/s1. The molecule has 10 heteroatoms. The fourth-order valence-electron chi connectivity index (χ4n) is 3.48. The molecule has 0 heterocycles. The smallest absolute Gasteiger partial charge is 0.242 e. The molecule has 0 aromatic heterocycles. The van der Waals surface area contributed by atoms with Gasteiger partial charge in [0.1, 0.15) is 6.04 Å². The second kappa shape index (κ2) is 12.1. The van der Waals surface area contributed by atoms with Crippen LogP contribution in [0.4, 0.5) is 5.69 Å². The molecule has 0 aliphatic carbocycles. The lowest BCUT2D eigenvalue weighted by Crippen LogP contribution is -2.52. The van der Waals surface area contributed by atoms with Gasteiger partial charge >= 0.3 is 0 Å². The molecule has 192 valence electrons. The molecule has 0 bridgehead atoms. The van der Waals surface area contributed by atoms with E-state index in [0.29, 0.717) is 15.7 Å². The average molecular weight is 543 g/mol. The number of amides is 2. The third-order valence-electron chi connectivity index (χ3n) is 5.23. The summed E-state index contributed by atoms with van der Waals surface area (Å²) >= 11 is 12.2. The van der Waals surface area contributed by atoms with Gasteiger partial charge in [0.15, 0.2) is 0 Å². The Morgan fingerprint density at radius 2 is 1.63 bits per heavy atom. The molecule has 2 aromatic carbocycles. The zero-order valence-electron chi connectivity index (χ0n) is 20.7. The van der Waals surface area contributed by atoms with Crippen LogP contribution in [0.3, 0.4) is 0 Å². The second-order valence-corrected chi connectivity index (χ2v) is 12.2. The van der Waals surface area contributed by atoms with Gasteiger partial charge in [-0.25, -0.2) is 8.42 Å². The number of carbonyl (C=O) groups excluding carboxylic acids is 2. The topological polar surface area (TPSA) is 86.8 Å². The highest BCUT2D eigenvalue weighted by atomic mass is 35.5. The number of benzene rings is 2. The molecule has 0 spiro atoms. The highest BCUT2D eigenvalue weighted by molar-refractivity contribution is 7.92. The van der Waals surface area contributed by atoms with Crippen LogP contribution in [0.25, 0.3) is 0 Å². The lowest BCUT2D eigenvalue weighted by Gasteiger charge is -2.32. The van der Waals surface area contributed by atoms with Crippen molar-refractivity contribution in [3.05, 3.63) is 64.1 Å². The van der Waals surface area contributed by atoms with Crippen LogP contribution in [-0.4, -0.2) is 49.5 Å². The highest BCUT2D eigenvalue weighted by Crippen LogP contribution is 2.22. The van der Waals surface area contributed by atoms with Crippen LogP contribution in [0.2, 0.25) is 10.0 Å². The number of sulfonamides is 1. The SMILES string of the molecule is C[C@@H](C(=O)NC(C)(C)C)N(Cc1ccccc1Cl)C(=O)CCCN(c1ccc(Cl)cc1)S(C)(=O)=O. The van der Waals surface area contributed by atoms with E-state index in [1.807, 2.05) is 32.9 Å². The minimum atomic E-state index is -3.57. The van der Waals surface area contributed by atoms with Crippen molar-refractivity contribution in [1.29, 1.82) is 0 Å². The van der Waals surface area contributed by atoms with E-state index in [1.165, 1.54) is 9.21 Å². The fourth-order valence-corrected chi connectivity index (χ4v) is 4.76. The van der Waals surface area contributed by atoms with Crippen molar-refractivity contribution in [2.45, 2.75) is 58.7 Å². The van der Waals surface area contributed by atoms with Crippen LogP contribution in [0.1, 0.15) is 46.1 Å². The van der Waals surface area contributed by atoms with Crippen LogP contribution in [-0.2, 0) is 26.2 Å². The van der Waals surface area contributed by atoms with Gasteiger partial charge in [-0.05, 0) is 70.0 Å². The molecule has 35 heavy (non-hydrogen) atoms. The van der Waals surface area contributed by atoms with E-state index in [1.54, 1.807) is 43.3 Å². The molecule has 7 nitrogen and oxygen atoms in total. The van der Waals surface area contributed by atoms with E-state index in [-0.39, 0.29) is 37.7 Å². The average Bonchev–Trinajstić information content (AvgIpc) is 2.74. The molecule has 2 amide bonds. The number of anilines is 1. The Balaban J connectivity index is 2.19. The molecular formula is C25H33Cl2N3O4S. The van der Waals surface area contributed by atoms with Crippen LogP contribution in [0.5, 0.6) is 0 Å². The van der Waals surface area contributed by atoms with Crippen molar-refractivity contribution in [2.75, 3.05) is 17.1 Å². The van der Waals surface area contributed by atoms with Gasteiger partial charge in [-0.1, -0.05) is 41.4 Å². The third kappa shape index (κ3) is 9.02. The molecule has 0 radical (unpaired) electrons. The van der Waals surface area contributed by atoms with Gasteiger partial charge in [-0.3, -0.25) is 13.9 Å². The summed E-state index contributed by atoms with van der Waals surface area (Å²) in [6, 6.07) is 12.9. The van der Waals surface area contributed by atoms with Gasteiger partial charge < -0.3 is 10.2 Å². The summed E-state index contributed by atoms with van der Waals surface area (Å²) in [5, 5.41) is 3.91. The maximum absolute atomic E-state index is 13.3. The van der Waals surface area contributed by atoms with Gasteiger partial charge in [-0.15, -0.1) is 0 Å². The first-order chi connectivity index (χ1) is 16.2. The maximum Gasteiger partial charge on any atom is 0.242 e. The fraction of sp³-hybridized carbons (Fsp3) is 0.440. The Bertz CT molecular complexity index is 1130. The zero-order valence-corrected chi connectivity index (χ0v) is 23.0. The number of nitrogens with one attached hydrogen (secondary N) is 1.